The van der Waals surface area contributed by atoms with E-state index in [0.29, 0.717) is 12.0 Å². The van der Waals surface area contributed by atoms with E-state index in [1.807, 2.05) is 26.0 Å². The molecular formula is C23H35N3O6. The maximum absolute atomic E-state index is 13.0. The van der Waals surface area contributed by atoms with Crippen molar-refractivity contribution in [1.29, 1.82) is 0 Å². The van der Waals surface area contributed by atoms with Crippen molar-refractivity contribution in [1.82, 2.24) is 15.5 Å². The topological polar surface area (TPSA) is 114 Å². The molecule has 0 heterocycles. The average Bonchev–Trinajstić information content (AvgIpc) is 2.74. The van der Waals surface area contributed by atoms with Gasteiger partial charge in [-0.05, 0) is 44.7 Å². The van der Waals surface area contributed by atoms with Gasteiger partial charge in [-0.15, -0.1) is 0 Å². The lowest BCUT2D eigenvalue weighted by molar-refractivity contribution is -0.143. The number of nitrogens with zero attached hydrogens (tertiary/aromatic N) is 1. The van der Waals surface area contributed by atoms with Crippen molar-refractivity contribution in [3.8, 4) is 0 Å². The van der Waals surface area contributed by atoms with Crippen LogP contribution >= 0.6 is 0 Å². The maximum Gasteiger partial charge on any atom is 0.408 e. The van der Waals surface area contributed by atoms with Gasteiger partial charge in [0.25, 0.3) is 0 Å². The second-order valence-corrected chi connectivity index (χ2v) is 8.23. The molecule has 0 bridgehead atoms. The van der Waals surface area contributed by atoms with Crippen LogP contribution < -0.4 is 10.6 Å². The van der Waals surface area contributed by atoms with Gasteiger partial charge in [0, 0.05) is 6.54 Å². The van der Waals surface area contributed by atoms with E-state index in [0.717, 1.165) is 12.0 Å². The van der Waals surface area contributed by atoms with Crippen LogP contribution in [0.25, 0.3) is 0 Å². The molecule has 0 aromatic heterocycles. The highest BCUT2D eigenvalue weighted by molar-refractivity contribution is 5.91. The van der Waals surface area contributed by atoms with Crippen LogP contribution in [0, 0.1) is 0 Å². The Hall–Kier alpha value is -3.10. The predicted octanol–water partition coefficient (Wildman–Crippen LogP) is 2.34. The van der Waals surface area contributed by atoms with Crippen LogP contribution in [0.15, 0.2) is 24.3 Å². The number of methoxy groups -OCH3 is 1. The zero-order valence-electron chi connectivity index (χ0n) is 19.8. The molecule has 1 aromatic carbocycles. The number of carbonyl (C=O) groups is 4. The summed E-state index contributed by atoms with van der Waals surface area (Å²) in [6.07, 6.45) is 0.699. The van der Waals surface area contributed by atoms with Crippen molar-refractivity contribution < 1.29 is 28.7 Å². The molecule has 0 aliphatic carbocycles. The summed E-state index contributed by atoms with van der Waals surface area (Å²) in [5.74, 6) is -1.56. The number of alkyl carbamates (subject to hydrolysis) is 1. The number of benzene rings is 1. The smallest absolute Gasteiger partial charge is 0.408 e. The van der Waals surface area contributed by atoms with E-state index in [9.17, 15) is 19.2 Å². The summed E-state index contributed by atoms with van der Waals surface area (Å²) < 4.78 is 9.75. The van der Waals surface area contributed by atoms with Crippen LogP contribution in [0.3, 0.4) is 0 Å². The largest absolute Gasteiger partial charge is 0.468 e. The highest BCUT2D eigenvalue weighted by Crippen LogP contribution is 2.23. The third-order valence-corrected chi connectivity index (χ3v) is 4.47. The standard InChI is InChI=1S/C23H35N3O6/c1-7-13-26(18(27)14-25-22(30)32-23(3,4)5)20(21(29)24-15-19(28)31-6)17-11-9-16(8-2)10-12-17/h9-12,20H,7-8,13-15H2,1-6H3,(H,24,29)(H,25,30). The third-order valence-electron chi connectivity index (χ3n) is 4.47. The number of amides is 3. The van der Waals surface area contributed by atoms with Gasteiger partial charge in [0.2, 0.25) is 11.8 Å². The van der Waals surface area contributed by atoms with Crippen molar-refractivity contribution in [2.24, 2.45) is 0 Å². The van der Waals surface area contributed by atoms with Crippen LogP contribution in [0.4, 0.5) is 4.79 Å². The first-order chi connectivity index (χ1) is 15.0. The summed E-state index contributed by atoms with van der Waals surface area (Å²) in [6.45, 7) is 8.70. The zero-order valence-corrected chi connectivity index (χ0v) is 19.8. The summed E-state index contributed by atoms with van der Waals surface area (Å²) in [6, 6.07) is 6.39. The summed E-state index contributed by atoms with van der Waals surface area (Å²) in [5, 5.41) is 4.97. The summed E-state index contributed by atoms with van der Waals surface area (Å²) in [4.78, 5) is 50.9. The molecule has 0 aliphatic heterocycles. The molecule has 9 nitrogen and oxygen atoms in total. The number of hydrogen-bond donors (Lipinski definition) is 2. The van der Waals surface area contributed by atoms with Gasteiger partial charge in [0.1, 0.15) is 24.7 Å². The van der Waals surface area contributed by atoms with E-state index >= 15 is 0 Å². The fourth-order valence-corrected chi connectivity index (χ4v) is 2.94. The van der Waals surface area contributed by atoms with E-state index in [1.165, 1.54) is 12.0 Å². The van der Waals surface area contributed by atoms with Gasteiger partial charge in [0.05, 0.1) is 7.11 Å². The molecule has 0 saturated carbocycles. The van der Waals surface area contributed by atoms with Crippen LogP contribution in [-0.2, 0) is 30.3 Å². The van der Waals surface area contributed by atoms with E-state index < -0.39 is 35.5 Å². The molecule has 1 aromatic rings. The Morgan fingerprint density at radius 2 is 1.62 bits per heavy atom. The molecular weight excluding hydrogens is 414 g/mol. The Balaban J connectivity index is 3.13. The van der Waals surface area contributed by atoms with E-state index in [4.69, 9.17) is 4.74 Å². The SMILES string of the molecule is CCCN(C(=O)CNC(=O)OC(C)(C)C)C(C(=O)NCC(=O)OC)c1ccc(CC)cc1. The molecule has 0 aliphatic rings. The molecule has 32 heavy (non-hydrogen) atoms. The second-order valence-electron chi connectivity index (χ2n) is 8.23. The fraction of sp³-hybridized carbons (Fsp3) is 0.565. The van der Waals surface area contributed by atoms with Gasteiger partial charge < -0.3 is 25.0 Å². The molecule has 0 saturated heterocycles. The molecule has 3 amide bonds. The highest BCUT2D eigenvalue weighted by atomic mass is 16.6. The zero-order chi connectivity index (χ0) is 24.3. The normalized spacial score (nSPS) is 11.8. The lowest BCUT2D eigenvalue weighted by Crippen LogP contribution is -2.48. The van der Waals surface area contributed by atoms with Gasteiger partial charge in [-0.25, -0.2) is 4.79 Å². The van der Waals surface area contributed by atoms with E-state index in [-0.39, 0.29) is 19.6 Å². The van der Waals surface area contributed by atoms with Gasteiger partial charge in [-0.2, -0.15) is 0 Å². The summed E-state index contributed by atoms with van der Waals surface area (Å²) in [5.41, 5.74) is 0.985. The highest BCUT2D eigenvalue weighted by Gasteiger charge is 2.31. The van der Waals surface area contributed by atoms with Crippen LogP contribution in [0.1, 0.15) is 58.2 Å². The number of aryl methyl sites for hydroxylation is 1. The van der Waals surface area contributed by atoms with Crippen LogP contribution in [0.5, 0.6) is 0 Å². The molecule has 9 heteroatoms. The molecule has 1 unspecified atom stereocenters. The van der Waals surface area contributed by atoms with Crippen molar-refractivity contribution in [2.45, 2.75) is 59.1 Å². The lowest BCUT2D eigenvalue weighted by atomic mass is 10.0. The van der Waals surface area contributed by atoms with Gasteiger partial charge in [-0.1, -0.05) is 38.1 Å². The molecule has 0 fully saturated rings. The Bertz CT molecular complexity index is 786. The lowest BCUT2D eigenvalue weighted by Gasteiger charge is -2.31. The number of hydrogen-bond acceptors (Lipinski definition) is 6. The van der Waals surface area contributed by atoms with E-state index in [2.05, 4.69) is 15.4 Å². The molecule has 1 atom stereocenters. The van der Waals surface area contributed by atoms with Crippen LogP contribution in [-0.4, -0.2) is 61.1 Å². The van der Waals surface area contributed by atoms with E-state index in [1.54, 1.807) is 32.9 Å². The van der Waals surface area contributed by atoms with Crippen molar-refractivity contribution >= 4 is 23.9 Å². The Morgan fingerprint density at radius 3 is 2.12 bits per heavy atom. The Kier molecular flexibility index (Phi) is 10.7. The van der Waals surface area contributed by atoms with Gasteiger partial charge >= 0.3 is 12.1 Å². The Morgan fingerprint density at radius 1 is 1.00 bits per heavy atom. The fourth-order valence-electron chi connectivity index (χ4n) is 2.94. The summed E-state index contributed by atoms with van der Waals surface area (Å²) >= 11 is 0. The minimum atomic E-state index is -0.974. The molecule has 1 rings (SSSR count). The second kappa shape index (κ2) is 12.7. The van der Waals surface area contributed by atoms with Gasteiger partial charge in [0.15, 0.2) is 0 Å². The number of nitrogens with one attached hydrogen (secondary N) is 2. The predicted molar refractivity (Wildman–Crippen MR) is 120 cm³/mol. The molecule has 0 radical (unpaired) electrons. The van der Waals surface area contributed by atoms with Crippen molar-refractivity contribution in [3.63, 3.8) is 0 Å². The molecule has 178 valence electrons. The Labute approximate surface area is 189 Å². The average molecular weight is 450 g/mol. The van der Waals surface area contributed by atoms with Gasteiger partial charge in [-0.3, -0.25) is 14.4 Å². The van der Waals surface area contributed by atoms with Crippen LogP contribution in [0.2, 0.25) is 0 Å². The first kappa shape index (κ1) is 26.9. The minimum Gasteiger partial charge on any atom is -0.468 e. The monoisotopic (exact) mass is 449 g/mol. The summed E-state index contributed by atoms with van der Waals surface area (Å²) in [7, 11) is 1.23. The first-order valence-corrected chi connectivity index (χ1v) is 10.7. The third kappa shape index (κ3) is 8.95. The maximum atomic E-state index is 13.0. The molecule has 2 N–H and O–H groups in total. The number of carbonyl (C=O) groups excluding carboxylic acids is 4. The minimum absolute atomic E-state index is 0.278. The quantitative estimate of drug-likeness (QED) is 0.530. The number of esters is 1. The number of rotatable bonds is 10. The first-order valence-electron chi connectivity index (χ1n) is 10.7. The van der Waals surface area contributed by atoms with Crippen molar-refractivity contribution in [2.75, 3.05) is 26.7 Å². The molecule has 0 spiro atoms. The number of ether oxygens (including phenoxy) is 2. The van der Waals surface area contributed by atoms with Crippen molar-refractivity contribution in [3.05, 3.63) is 35.4 Å².